The molecule has 3 fully saturated rings. The number of allylic oxidation sites excluding steroid dienone is 1. The number of hydrogen-bond donors (Lipinski definition) is 0. The highest BCUT2D eigenvalue weighted by atomic mass is 16.1. The van der Waals surface area contributed by atoms with Gasteiger partial charge in [-0.3, -0.25) is 4.79 Å². The van der Waals surface area contributed by atoms with Crippen molar-refractivity contribution >= 4 is 5.78 Å². The fourth-order valence-corrected chi connectivity index (χ4v) is 7.02. The van der Waals surface area contributed by atoms with Crippen LogP contribution in [0.15, 0.2) is 11.6 Å². The van der Waals surface area contributed by atoms with E-state index in [2.05, 4.69) is 20.8 Å². The first-order chi connectivity index (χ1) is 10.0. The molecule has 0 aromatic rings. The lowest BCUT2D eigenvalue weighted by molar-refractivity contribution is -0.116. The number of ketones is 1. The van der Waals surface area contributed by atoms with Gasteiger partial charge in [0.05, 0.1) is 0 Å². The largest absolute Gasteiger partial charge is 0.295 e. The lowest BCUT2D eigenvalue weighted by Gasteiger charge is -2.56. The summed E-state index contributed by atoms with van der Waals surface area (Å²) >= 11 is 0. The lowest BCUT2D eigenvalue weighted by Crippen LogP contribution is -2.49. The average molecular weight is 286 g/mol. The van der Waals surface area contributed by atoms with E-state index in [1.165, 1.54) is 37.7 Å². The smallest absolute Gasteiger partial charge is 0.155 e. The predicted octanol–water partition coefficient (Wildman–Crippen LogP) is 5.01. The molecule has 3 saturated carbocycles. The quantitative estimate of drug-likeness (QED) is 0.611. The van der Waals surface area contributed by atoms with Gasteiger partial charge in [-0.2, -0.15) is 0 Å². The van der Waals surface area contributed by atoms with Gasteiger partial charge in [-0.05, 0) is 85.5 Å². The Hall–Kier alpha value is -0.590. The summed E-state index contributed by atoms with van der Waals surface area (Å²) < 4.78 is 0. The van der Waals surface area contributed by atoms with Crippen LogP contribution in [0.4, 0.5) is 0 Å². The monoisotopic (exact) mass is 286 g/mol. The van der Waals surface area contributed by atoms with E-state index in [1.54, 1.807) is 0 Å². The zero-order valence-corrected chi connectivity index (χ0v) is 13.9. The van der Waals surface area contributed by atoms with E-state index in [4.69, 9.17) is 0 Å². The molecule has 0 aromatic carbocycles. The maximum atomic E-state index is 11.8. The lowest BCUT2D eigenvalue weighted by atomic mass is 9.48. The molecule has 1 heteroatoms. The number of hydrogen-bond acceptors (Lipinski definition) is 1. The number of carbonyl (C=O) groups is 1. The highest BCUT2D eigenvalue weighted by Gasteiger charge is 2.57. The van der Waals surface area contributed by atoms with E-state index >= 15 is 0 Å². The van der Waals surface area contributed by atoms with Crippen LogP contribution in [0.1, 0.15) is 65.7 Å². The van der Waals surface area contributed by atoms with Crippen LogP contribution in [0.25, 0.3) is 0 Å². The first kappa shape index (κ1) is 14.0. The highest BCUT2D eigenvalue weighted by molar-refractivity contribution is 5.91. The molecule has 0 aliphatic heterocycles. The molecule has 1 nitrogen and oxygen atoms in total. The summed E-state index contributed by atoms with van der Waals surface area (Å²) in [6.45, 7) is 7.61. The molecule has 7 atom stereocenters. The van der Waals surface area contributed by atoms with E-state index in [9.17, 15) is 4.79 Å². The Morgan fingerprint density at radius 2 is 1.90 bits per heavy atom. The summed E-state index contributed by atoms with van der Waals surface area (Å²) in [5.41, 5.74) is 2.13. The summed E-state index contributed by atoms with van der Waals surface area (Å²) in [5.74, 6) is 5.68. The van der Waals surface area contributed by atoms with Crippen molar-refractivity contribution in [3.8, 4) is 0 Å². The maximum absolute atomic E-state index is 11.8. The molecule has 0 unspecified atom stereocenters. The van der Waals surface area contributed by atoms with Crippen LogP contribution in [-0.4, -0.2) is 5.78 Å². The number of fused-ring (bicyclic) bond motifs is 5. The minimum Gasteiger partial charge on any atom is -0.295 e. The van der Waals surface area contributed by atoms with Crippen molar-refractivity contribution < 1.29 is 4.79 Å². The summed E-state index contributed by atoms with van der Waals surface area (Å²) in [6, 6.07) is 0. The molecule has 0 amide bonds. The molecule has 0 N–H and O–H groups in total. The van der Waals surface area contributed by atoms with Crippen LogP contribution >= 0.6 is 0 Å². The maximum Gasteiger partial charge on any atom is 0.155 e. The van der Waals surface area contributed by atoms with Crippen molar-refractivity contribution in [2.75, 3.05) is 0 Å². The topological polar surface area (TPSA) is 17.1 Å². The fraction of sp³-hybridized carbons (Fsp3) is 0.850. The summed E-state index contributed by atoms with van der Waals surface area (Å²) in [6.07, 6.45) is 10.9. The van der Waals surface area contributed by atoms with Crippen LogP contribution in [0.5, 0.6) is 0 Å². The van der Waals surface area contributed by atoms with Crippen molar-refractivity contribution in [3.05, 3.63) is 11.6 Å². The van der Waals surface area contributed by atoms with Gasteiger partial charge in [-0.25, -0.2) is 0 Å². The first-order valence-corrected chi connectivity index (χ1v) is 9.24. The second kappa shape index (κ2) is 4.70. The first-order valence-electron chi connectivity index (χ1n) is 9.24. The molecule has 4 aliphatic rings. The van der Waals surface area contributed by atoms with Gasteiger partial charge in [-0.15, -0.1) is 0 Å². The molecule has 116 valence electrons. The van der Waals surface area contributed by atoms with E-state index in [1.807, 2.05) is 6.08 Å². The van der Waals surface area contributed by atoms with E-state index < -0.39 is 0 Å². The Morgan fingerprint density at radius 1 is 1.10 bits per heavy atom. The van der Waals surface area contributed by atoms with Gasteiger partial charge in [-0.1, -0.05) is 26.3 Å². The molecule has 4 aliphatic carbocycles. The Balaban J connectivity index is 1.68. The van der Waals surface area contributed by atoms with Gasteiger partial charge < -0.3 is 0 Å². The van der Waals surface area contributed by atoms with E-state index in [-0.39, 0.29) is 0 Å². The van der Waals surface area contributed by atoms with Crippen LogP contribution in [0.2, 0.25) is 0 Å². The van der Waals surface area contributed by atoms with Gasteiger partial charge in [0.25, 0.3) is 0 Å². The molecule has 0 spiro atoms. The van der Waals surface area contributed by atoms with Crippen LogP contribution in [0.3, 0.4) is 0 Å². The van der Waals surface area contributed by atoms with E-state index in [0.29, 0.717) is 11.2 Å². The second-order valence-electron chi connectivity index (χ2n) is 8.88. The van der Waals surface area contributed by atoms with Gasteiger partial charge >= 0.3 is 0 Å². The van der Waals surface area contributed by atoms with Crippen LogP contribution in [-0.2, 0) is 4.79 Å². The van der Waals surface area contributed by atoms with Crippen LogP contribution in [0, 0.1) is 40.9 Å². The van der Waals surface area contributed by atoms with Crippen molar-refractivity contribution in [1.29, 1.82) is 0 Å². The minimum absolute atomic E-state index is 0.391. The SMILES string of the molecule is C[C@H]1C[C@]2(C)[C@@H](C)CC[C@H]2[C@@H]2CCC3=CC(=O)CC[C@@H]3[C@H]21. The van der Waals surface area contributed by atoms with Gasteiger partial charge in [0.2, 0.25) is 0 Å². The average Bonchev–Trinajstić information content (AvgIpc) is 2.74. The van der Waals surface area contributed by atoms with E-state index in [0.717, 1.165) is 48.3 Å². The van der Waals surface area contributed by atoms with Crippen molar-refractivity contribution in [2.45, 2.75) is 65.7 Å². The minimum atomic E-state index is 0.391. The summed E-state index contributed by atoms with van der Waals surface area (Å²) in [7, 11) is 0. The number of rotatable bonds is 0. The molecule has 4 rings (SSSR count). The normalized spacial score (nSPS) is 52.7. The van der Waals surface area contributed by atoms with Crippen molar-refractivity contribution in [1.82, 2.24) is 0 Å². The highest BCUT2D eigenvalue weighted by Crippen LogP contribution is 2.64. The molecule has 0 saturated heterocycles. The molecule has 0 radical (unpaired) electrons. The summed E-state index contributed by atoms with van der Waals surface area (Å²) in [5, 5.41) is 0. The molecule has 21 heavy (non-hydrogen) atoms. The third kappa shape index (κ3) is 1.92. The molecular formula is C20H30O. The number of carbonyl (C=O) groups excluding carboxylic acids is 1. The Bertz CT molecular complexity index is 490. The standard InChI is InChI=1S/C20H30O/c1-12-11-20(3)13(2)4-9-18(20)17-7-5-14-10-15(21)6-8-16(14)19(12)17/h10,12-13,16-19H,4-9,11H2,1-3H3/t12-,13-,16-,17-,18-,19+,20+/m0/s1. The molecular weight excluding hydrogens is 256 g/mol. The molecule has 0 bridgehead atoms. The fourth-order valence-electron chi connectivity index (χ4n) is 7.02. The zero-order valence-electron chi connectivity index (χ0n) is 13.9. The Morgan fingerprint density at radius 3 is 2.71 bits per heavy atom. The van der Waals surface area contributed by atoms with Gasteiger partial charge in [0.1, 0.15) is 0 Å². The predicted molar refractivity (Wildman–Crippen MR) is 85.8 cm³/mol. The van der Waals surface area contributed by atoms with Gasteiger partial charge in [0, 0.05) is 6.42 Å². The zero-order chi connectivity index (χ0) is 14.8. The van der Waals surface area contributed by atoms with Crippen molar-refractivity contribution in [3.63, 3.8) is 0 Å². The third-order valence-electron chi connectivity index (χ3n) is 8.07. The summed E-state index contributed by atoms with van der Waals surface area (Å²) in [4.78, 5) is 11.8. The van der Waals surface area contributed by atoms with Crippen LogP contribution < -0.4 is 0 Å². The molecule has 0 aromatic heterocycles. The third-order valence-corrected chi connectivity index (χ3v) is 8.07. The van der Waals surface area contributed by atoms with Crippen molar-refractivity contribution in [2.24, 2.45) is 40.9 Å². The Kier molecular flexibility index (Phi) is 3.14. The Labute approximate surface area is 129 Å². The molecule has 0 heterocycles. The second-order valence-corrected chi connectivity index (χ2v) is 8.88. The van der Waals surface area contributed by atoms with Gasteiger partial charge in [0.15, 0.2) is 5.78 Å².